The Kier molecular flexibility index (Phi) is 6.74. The minimum atomic E-state index is -1.42. The number of ether oxygens (including phenoxy) is 2. The maximum atomic E-state index is 11.0. The monoisotopic (exact) mass is 441 g/mol. The van der Waals surface area contributed by atoms with Gasteiger partial charge in [-0.25, -0.2) is 9.48 Å². The topological polar surface area (TPSA) is 76.8 Å². The molecule has 162 valence electrons. The zero-order valence-electron chi connectivity index (χ0n) is 17.0. The van der Waals surface area contributed by atoms with Gasteiger partial charge in [0.05, 0.1) is 18.0 Å². The Hall–Kier alpha value is -3.03. The van der Waals surface area contributed by atoms with Crippen molar-refractivity contribution < 1.29 is 19.4 Å². The second kappa shape index (κ2) is 9.85. The van der Waals surface area contributed by atoms with Gasteiger partial charge in [-0.3, -0.25) is 0 Å². The summed E-state index contributed by atoms with van der Waals surface area (Å²) in [6, 6.07) is 16.4. The first-order valence-electron chi connectivity index (χ1n) is 10.3. The second-order valence-electron chi connectivity index (χ2n) is 7.41. The van der Waals surface area contributed by atoms with Gasteiger partial charge in [0.25, 0.3) is 0 Å². The molecule has 3 aromatic rings. The summed E-state index contributed by atoms with van der Waals surface area (Å²) in [6.45, 7) is 4.06. The fraction of sp³-hybridized carbons (Fsp3) is 0.304. The first-order valence-corrected chi connectivity index (χ1v) is 10.7. The molecule has 2 heterocycles. The van der Waals surface area contributed by atoms with Gasteiger partial charge in [0, 0.05) is 23.2 Å². The highest BCUT2D eigenvalue weighted by molar-refractivity contribution is 6.30. The molecule has 0 amide bonds. The fourth-order valence-electron chi connectivity index (χ4n) is 3.74. The number of benzene rings is 2. The van der Waals surface area contributed by atoms with Gasteiger partial charge in [0.2, 0.25) is 5.88 Å². The highest BCUT2D eigenvalue weighted by Gasteiger charge is 2.16. The predicted octanol–water partition coefficient (Wildman–Crippen LogP) is 5.11. The van der Waals surface area contributed by atoms with Crippen LogP contribution in [-0.4, -0.2) is 52.2 Å². The number of aromatic nitrogens is 2. The van der Waals surface area contributed by atoms with Crippen LogP contribution in [0.25, 0.3) is 16.9 Å². The molecule has 31 heavy (non-hydrogen) atoms. The number of nitrogens with zero attached hydrogens (tertiary/aromatic N) is 3. The Bertz CT molecular complexity index is 1050. The van der Waals surface area contributed by atoms with Crippen LogP contribution in [0.3, 0.4) is 0 Å². The lowest BCUT2D eigenvalue weighted by molar-refractivity contribution is 0.142. The minimum Gasteiger partial charge on any atom is -0.494 e. The van der Waals surface area contributed by atoms with Crippen LogP contribution in [0.2, 0.25) is 5.02 Å². The summed E-state index contributed by atoms with van der Waals surface area (Å²) in [5, 5.41) is 13.8. The highest BCUT2D eigenvalue weighted by atomic mass is 35.5. The van der Waals surface area contributed by atoms with Gasteiger partial charge in [0.15, 0.2) is 0 Å². The van der Waals surface area contributed by atoms with Crippen molar-refractivity contribution >= 4 is 17.8 Å². The minimum absolute atomic E-state index is 0.0144. The third-order valence-electron chi connectivity index (χ3n) is 5.15. The van der Waals surface area contributed by atoms with Crippen molar-refractivity contribution in [2.75, 3.05) is 26.2 Å². The molecule has 1 aliphatic heterocycles. The third-order valence-corrected chi connectivity index (χ3v) is 5.38. The Balaban J connectivity index is 1.54. The van der Waals surface area contributed by atoms with Gasteiger partial charge in [-0.05, 0) is 62.7 Å². The fourth-order valence-corrected chi connectivity index (χ4v) is 3.92. The molecule has 1 fully saturated rings. The van der Waals surface area contributed by atoms with Crippen LogP contribution >= 0.6 is 11.6 Å². The Morgan fingerprint density at radius 2 is 1.90 bits per heavy atom. The molecule has 1 aromatic heterocycles. The van der Waals surface area contributed by atoms with Gasteiger partial charge in [-0.15, -0.1) is 5.10 Å². The molecule has 1 aliphatic rings. The summed E-state index contributed by atoms with van der Waals surface area (Å²) in [5.74, 6) is 0.734. The molecule has 0 atom stereocenters. The summed E-state index contributed by atoms with van der Waals surface area (Å²) >= 11 is 6.14. The molecule has 0 radical (unpaired) electrons. The van der Waals surface area contributed by atoms with E-state index in [-0.39, 0.29) is 5.88 Å². The second-order valence-corrected chi connectivity index (χ2v) is 7.84. The van der Waals surface area contributed by atoms with E-state index < -0.39 is 6.16 Å². The SMILES string of the molecule is O=C(O)Oc1cc(-c2cccc(OCCCN3CCCC3)c2)n(-c2cccc(Cl)c2)n1. The first kappa shape index (κ1) is 21.2. The van der Waals surface area contributed by atoms with E-state index in [1.165, 1.54) is 25.9 Å². The number of carbonyl (C=O) groups is 1. The largest absolute Gasteiger partial charge is 0.512 e. The van der Waals surface area contributed by atoms with Crippen LogP contribution in [0.4, 0.5) is 4.79 Å². The first-order chi connectivity index (χ1) is 15.1. The average molecular weight is 442 g/mol. The number of carboxylic acid groups (broad SMARTS) is 1. The van der Waals surface area contributed by atoms with Crippen LogP contribution < -0.4 is 9.47 Å². The maximum absolute atomic E-state index is 11.0. The molecule has 1 N–H and O–H groups in total. The van der Waals surface area contributed by atoms with Crippen LogP contribution in [-0.2, 0) is 0 Å². The Labute approximate surface area is 185 Å². The van der Waals surface area contributed by atoms with E-state index in [0.717, 1.165) is 24.3 Å². The van der Waals surface area contributed by atoms with Crippen molar-refractivity contribution in [2.45, 2.75) is 19.3 Å². The van der Waals surface area contributed by atoms with Crippen LogP contribution in [0.15, 0.2) is 54.6 Å². The lowest BCUT2D eigenvalue weighted by Gasteiger charge is -2.14. The average Bonchev–Trinajstić information content (AvgIpc) is 3.41. The third kappa shape index (κ3) is 5.57. The summed E-state index contributed by atoms with van der Waals surface area (Å²) in [7, 11) is 0. The molecule has 4 rings (SSSR count). The standard InChI is InChI=1S/C23H24ClN3O4/c24-18-7-4-8-19(15-18)27-21(16-22(25-27)31-23(28)29)17-6-3-9-20(14-17)30-13-5-12-26-10-1-2-11-26/h3-4,6-9,14-16H,1-2,5,10-13H2,(H,28,29). The van der Waals surface area contributed by atoms with Gasteiger partial charge >= 0.3 is 6.16 Å². The van der Waals surface area contributed by atoms with E-state index >= 15 is 0 Å². The van der Waals surface area contributed by atoms with Gasteiger partial charge in [-0.1, -0.05) is 29.8 Å². The van der Waals surface area contributed by atoms with Crippen LogP contribution in [0.1, 0.15) is 19.3 Å². The van der Waals surface area contributed by atoms with Crippen molar-refractivity contribution in [3.8, 4) is 28.6 Å². The van der Waals surface area contributed by atoms with E-state index in [1.807, 2.05) is 30.3 Å². The molecule has 0 unspecified atom stereocenters. The van der Waals surface area contributed by atoms with Crippen molar-refractivity contribution in [2.24, 2.45) is 0 Å². The predicted molar refractivity (Wildman–Crippen MR) is 118 cm³/mol. The van der Waals surface area contributed by atoms with Crippen LogP contribution in [0.5, 0.6) is 11.6 Å². The van der Waals surface area contributed by atoms with Crippen molar-refractivity contribution in [3.05, 3.63) is 59.6 Å². The summed E-state index contributed by atoms with van der Waals surface area (Å²) in [4.78, 5) is 13.5. The summed E-state index contributed by atoms with van der Waals surface area (Å²) in [5.41, 5.74) is 2.19. The Morgan fingerprint density at radius 1 is 1.10 bits per heavy atom. The van der Waals surface area contributed by atoms with Gasteiger partial charge in [-0.2, -0.15) is 0 Å². The highest BCUT2D eigenvalue weighted by Crippen LogP contribution is 2.30. The van der Waals surface area contributed by atoms with Gasteiger partial charge < -0.3 is 19.5 Å². The normalized spacial score (nSPS) is 14.0. The zero-order valence-corrected chi connectivity index (χ0v) is 17.8. The van der Waals surface area contributed by atoms with E-state index in [9.17, 15) is 4.79 Å². The Morgan fingerprint density at radius 3 is 2.68 bits per heavy atom. The maximum Gasteiger partial charge on any atom is 0.512 e. The molecule has 1 saturated heterocycles. The molecule has 0 bridgehead atoms. The van der Waals surface area contributed by atoms with E-state index in [4.69, 9.17) is 26.2 Å². The van der Waals surface area contributed by atoms with Crippen molar-refractivity contribution in [1.82, 2.24) is 14.7 Å². The lowest BCUT2D eigenvalue weighted by atomic mass is 10.1. The number of rotatable bonds is 8. The molecule has 2 aromatic carbocycles. The number of likely N-dealkylation sites (tertiary alicyclic amines) is 1. The van der Waals surface area contributed by atoms with Gasteiger partial charge in [0.1, 0.15) is 5.75 Å². The quantitative estimate of drug-likeness (QED) is 0.386. The molecule has 7 nitrogen and oxygen atoms in total. The number of hydrogen-bond donors (Lipinski definition) is 1. The summed E-state index contributed by atoms with van der Waals surface area (Å²) in [6.07, 6.45) is 2.13. The van der Waals surface area contributed by atoms with Crippen LogP contribution in [0, 0.1) is 0 Å². The summed E-state index contributed by atoms with van der Waals surface area (Å²) < 4.78 is 12.4. The van der Waals surface area contributed by atoms with E-state index in [0.29, 0.717) is 23.0 Å². The number of hydrogen-bond acceptors (Lipinski definition) is 5. The van der Waals surface area contributed by atoms with Crippen molar-refractivity contribution in [1.29, 1.82) is 0 Å². The zero-order chi connectivity index (χ0) is 21.6. The number of halogens is 1. The molecule has 0 aliphatic carbocycles. The van der Waals surface area contributed by atoms with E-state index in [1.54, 1.807) is 28.9 Å². The molecule has 8 heteroatoms. The van der Waals surface area contributed by atoms with E-state index in [2.05, 4.69) is 10.00 Å². The lowest BCUT2D eigenvalue weighted by Crippen LogP contribution is -2.21. The molecular weight excluding hydrogens is 418 g/mol. The molecule has 0 spiro atoms. The van der Waals surface area contributed by atoms with Crippen molar-refractivity contribution in [3.63, 3.8) is 0 Å². The smallest absolute Gasteiger partial charge is 0.494 e. The molecule has 0 saturated carbocycles. The molecular formula is C23H24ClN3O4.